The van der Waals surface area contributed by atoms with Crippen LogP contribution in [-0.2, 0) is 19.1 Å². The van der Waals surface area contributed by atoms with Crippen molar-refractivity contribution in [2.45, 2.75) is 56.4 Å². The summed E-state index contributed by atoms with van der Waals surface area (Å²) in [5.74, 6) is -7.41. The first kappa shape index (κ1) is 16.5. The van der Waals surface area contributed by atoms with Gasteiger partial charge in [-0.2, -0.15) is 18.3 Å². The third kappa shape index (κ3) is 2.81. The van der Waals surface area contributed by atoms with Crippen LogP contribution in [0.15, 0.2) is 0 Å². The Bertz CT molecular complexity index is 623. The summed E-state index contributed by atoms with van der Waals surface area (Å²) >= 11 is 0. The van der Waals surface area contributed by atoms with E-state index < -0.39 is 54.1 Å². The van der Waals surface area contributed by atoms with Gasteiger partial charge in [0.1, 0.15) is 6.10 Å². The molecular formula is C13H13F7N2O. The molecule has 1 aromatic rings. The van der Waals surface area contributed by atoms with Crippen molar-refractivity contribution in [3.63, 3.8) is 0 Å². The van der Waals surface area contributed by atoms with Crippen LogP contribution in [0, 0.1) is 5.92 Å². The molecule has 1 saturated carbocycles. The molecule has 23 heavy (non-hydrogen) atoms. The monoisotopic (exact) mass is 346 g/mol. The Hall–Kier alpha value is -1.32. The fourth-order valence-electron chi connectivity index (χ4n) is 2.95. The third-order valence-corrected chi connectivity index (χ3v) is 4.38. The first-order valence-corrected chi connectivity index (χ1v) is 7.04. The molecule has 3 nitrogen and oxygen atoms in total. The number of aliphatic hydroxyl groups is 1. The number of nitrogens with zero attached hydrogens (tertiary/aromatic N) is 2. The second kappa shape index (κ2) is 4.84. The smallest absolute Gasteiger partial charge is 0.382 e. The van der Waals surface area contributed by atoms with Gasteiger partial charge in [-0.25, -0.2) is 17.6 Å². The van der Waals surface area contributed by atoms with Gasteiger partial charge >= 0.3 is 6.18 Å². The molecule has 0 aliphatic heterocycles. The summed E-state index contributed by atoms with van der Waals surface area (Å²) in [4.78, 5) is 0. The molecule has 1 heterocycles. The molecule has 1 aromatic heterocycles. The van der Waals surface area contributed by atoms with E-state index in [1.165, 1.54) is 0 Å². The van der Waals surface area contributed by atoms with Gasteiger partial charge in [-0.1, -0.05) is 0 Å². The van der Waals surface area contributed by atoms with Crippen LogP contribution in [0.4, 0.5) is 30.7 Å². The standard InChI is InChI=1S/C13H13F7N2O/c14-11(15)3-1-7-8(10(11)23)9(13(18,19)20)21-22(7)4-2-6-5-12(6,16)17/h6,10,23H,1-5H2/t6?,10-/m0/s1. The quantitative estimate of drug-likeness (QED) is 0.850. The Morgan fingerprint density at radius 2 is 1.78 bits per heavy atom. The van der Waals surface area contributed by atoms with Crippen molar-refractivity contribution in [1.82, 2.24) is 9.78 Å². The maximum atomic E-state index is 13.5. The van der Waals surface area contributed by atoms with Gasteiger partial charge in [-0.05, 0) is 12.8 Å². The van der Waals surface area contributed by atoms with E-state index in [1.54, 1.807) is 0 Å². The van der Waals surface area contributed by atoms with Crippen LogP contribution < -0.4 is 0 Å². The van der Waals surface area contributed by atoms with E-state index in [1.807, 2.05) is 0 Å². The molecule has 1 unspecified atom stereocenters. The van der Waals surface area contributed by atoms with Crippen molar-refractivity contribution < 1.29 is 35.8 Å². The summed E-state index contributed by atoms with van der Waals surface area (Å²) in [6, 6.07) is 0. The molecule has 2 aliphatic rings. The van der Waals surface area contributed by atoms with Crippen molar-refractivity contribution in [2.24, 2.45) is 5.92 Å². The number of hydrogen-bond acceptors (Lipinski definition) is 2. The minimum atomic E-state index is -5.01. The second-order valence-electron chi connectivity index (χ2n) is 6.04. The van der Waals surface area contributed by atoms with E-state index >= 15 is 0 Å². The highest BCUT2D eigenvalue weighted by atomic mass is 19.4. The summed E-state index contributed by atoms with van der Waals surface area (Å²) in [7, 11) is 0. The van der Waals surface area contributed by atoms with Crippen LogP contribution in [0.25, 0.3) is 0 Å². The topological polar surface area (TPSA) is 38.1 Å². The Labute approximate surface area is 126 Å². The number of fused-ring (bicyclic) bond motifs is 1. The van der Waals surface area contributed by atoms with Gasteiger partial charge < -0.3 is 5.11 Å². The van der Waals surface area contributed by atoms with Gasteiger partial charge in [0.25, 0.3) is 11.8 Å². The summed E-state index contributed by atoms with van der Waals surface area (Å²) in [5, 5.41) is 12.9. The first-order chi connectivity index (χ1) is 10.4. The molecule has 130 valence electrons. The zero-order valence-corrected chi connectivity index (χ0v) is 11.7. The van der Waals surface area contributed by atoms with E-state index in [2.05, 4.69) is 5.10 Å². The van der Waals surface area contributed by atoms with Crippen LogP contribution in [0.1, 0.15) is 42.3 Å². The number of hydrogen-bond donors (Lipinski definition) is 1. The van der Waals surface area contributed by atoms with Crippen molar-refractivity contribution >= 4 is 0 Å². The second-order valence-corrected chi connectivity index (χ2v) is 6.04. The zero-order chi connectivity index (χ0) is 17.2. The SMILES string of the molecule is O[C@H]1c2c(C(F)(F)F)nn(CCC3CC3(F)F)c2CCC1(F)F. The Morgan fingerprint density at radius 1 is 1.17 bits per heavy atom. The van der Waals surface area contributed by atoms with Gasteiger partial charge in [-0.3, -0.25) is 4.68 Å². The lowest BCUT2D eigenvalue weighted by atomic mass is 9.89. The zero-order valence-electron chi connectivity index (χ0n) is 11.7. The molecule has 0 radical (unpaired) electrons. The van der Waals surface area contributed by atoms with Gasteiger partial charge in [-0.15, -0.1) is 0 Å². The normalized spacial score (nSPS) is 28.5. The van der Waals surface area contributed by atoms with Crippen molar-refractivity contribution in [3.8, 4) is 0 Å². The molecule has 1 fully saturated rings. The fraction of sp³-hybridized carbons (Fsp3) is 0.769. The minimum Gasteiger partial charge on any atom is -0.382 e. The van der Waals surface area contributed by atoms with E-state index in [-0.39, 0.29) is 25.1 Å². The van der Waals surface area contributed by atoms with Crippen LogP contribution in [0.5, 0.6) is 0 Å². The lowest BCUT2D eigenvalue weighted by Gasteiger charge is -2.28. The summed E-state index contributed by atoms with van der Waals surface area (Å²) in [6.45, 7) is -0.225. The highest BCUT2D eigenvalue weighted by Crippen LogP contribution is 2.51. The third-order valence-electron chi connectivity index (χ3n) is 4.38. The van der Waals surface area contributed by atoms with Gasteiger partial charge in [0, 0.05) is 36.6 Å². The van der Waals surface area contributed by atoms with E-state index in [0.717, 1.165) is 4.68 Å². The molecule has 0 saturated heterocycles. The molecule has 10 heteroatoms. The Kier molecular flexibility index (Phi) is 3.48. The molecule has 1 N–H and O–H groups in total. The molecule has 0 spiro atoms. The van der Waals surface area contributed by atoms with Crippen LogP contribution >= 0.6 is 0 Å². The Morgan fingerprint density at radius 3 is 2.30 bits per heavy atom. The Balaban J connectivity index is 1.93. The van der Waals surface area contributed by atoms with E-state index in [0.29, 0.717) is 0 Å². The van der Waals surface area contributed by atoms with E-state index in [9.17, 15) is 35.8 Å². The maximum absolute atomic E-state index is 13.5. The summed E-state index contributed by atoms with van der Waals surface area (Å²) < 4.78 is 92.6. The van der Waals surface area contributed by atoms with Gasteiger partial charge in [0.2, 0.25) is 0 Å². The van der Waals surface area contributed by atoms with Crippen molar-refractivity contribution in [3.05, 3.63) is 17.0 Å². The largest absolute Gasteiger partial charge is 0.435 e. The lowest BCUT2D eigenvalue weighted by Crippen LogP contribution is -2.33. The number of alkyl halides is 7. The molecule has 3 rings (SSSR count). The van der Waals surface area contributed by atoms with Gasteiger partial charge in [0.15, 0.2) is 5.69 Å². The predicted octanol–water partition coefficient (Wildman–Crippen LogP) is 3.56. The summed E-state index contributed by atoms with van der Waals surface area (Å²) in [5.41, 5.74) is -2.65. The van der Waals surface area contributed by atoms with Crippen LogP contribution in [0.3, 0.4) is 0 Å². The number of aliphatic hydroxyl groups excluding tert-OH is 1. The van der Waals surface area contributed by atoms with E-state index in [4.69, 9.17) is 0 Å². The highest BCUT2D eigenvalue weighted by Gasteiger charge is 2.56. The minimum absolute atomic E-state index is 0.0924. The number of aromatic nitrogens is 2. The maximum Gasteiger partial charge on any atom is 0.435 e. The van der Waals surface area contributed by atoms with Crippen molar-refractivity contribution in [1.29, 1.82) is 0 Å². The van der Waals surface area contributed by atoms with Gasteiger partial charge in [0.05, 0.1) is 0 Å². The number of aryl methyl sites for hydroxylation is 1. The number of rotatable bonds is 3. The lowest BCUT2D eigenvalue weighted by molar-refractivity contribution is -0.150. The molecule has 0 bridgehead atoms. The van der Waals surface area contributed by atoms with Crippen molar-refractivity contribution in [2.75, 3.05) is 0 Å². The molecule has 2 aliphatic carbocycles. The average molecular weight is 346 g/mol. The molecule has 0 aromatic carbocycles. The predicted molar refractivity (Wildman–Crippen MR) is 63.1 cm³/mol. The highest BCUT2D eigenvalue weighted by molar-refractivity contribution is 5.35. The summed E-state index contributed by atoms with van der Waals surface area (Å²) in [6.07, 6.45) is -9.24. The first-order valence-electron chi connectivity index (χ1n) is 7.04. The molecular weight excluding hydrogens is 333 g/mol. The van der Waals surface area contributed by atoms with Crippen LogP contribution in [0.2, 0.25) is 0 Å². The number of halogens is 7. The average Bonchev–Trinajstić information content (AvgIpc) is 2.85. The van der Waals surface area contributed by atoms with Crippen LogP contribution in [-0.4, -0.2) is 26.7 Å². The molecule has 0 amide bonds. The fourth-order valence-corrected chi connectivity index (χ4v) is 2.95. The molecule has 2 atom stereocenters.